The van der Waals surface area contributed by atoms with Crippen LogP contribution in [-0.4, -0.2) is 36.4 Å². The minimum absolute atomic E-state index is 0.355. The topological polar surface area (TPSA) is 20.2 Å². The van der Waals surface area contributed by atoms with Crippen LogP contribution in [0.1, 0.15) is 132 Å². The summed E-state index contributed by atoms with van der Waals surface area (Å²) in [5.41, 5.74) is 0. The van der Waals surface area contributed by atoms with Crippen molar-refractivity contribution in [3.05, 3.63) is 0 Å². The SMILES string of the molecule is CCCC.CCCCCO.CCCC[P+](CCCC)(CCCC)CCCC. The van der Waals surface area contributed by atoms with Gasteiger partial charge in [-0.3, -0.25) is 0 Å². The zero-order valence-corrected chi connectivity index (χ0v) is 21.5. The van der Waals surface area contributed by atoms with E-state index >= 15 is 0 Å². The largest absolute Gasteiger partial charge is 0.396 e. The van der Waals surface area contributed by atoms with Gasteiger partial charge in [-0.2, -0.15) is 0 Å². The van der Waals surface area contributed by atoms with Gasteiger partial charge >= 0.3 is 0 Å². The van der Waals surface area contributed by atoms with E-state index < -0.39 is 7.26 Å². The third kappa shape index (κ3) is 26.4. The molecule has 0 amide bonds. The summed E-state index contributed by atoms with van der Waals surface area (Å²) in [6, 6.07) is 0. The predicted octanol–water partition coefficient (Wildman–Crippen LogP) is 9.18. The minimum Gasteiger partial charge on any atom is -0.396 e. The first-order valence-corrected chi connectivity index (χ1v) is 15.1. The fourth-order valence-electron chi connectivity index (χ4n) is 3.01. The number of hydrogen-bond acceptors (Lipinski definition) is 1. The van der Waals surface area contributed by atoms with Gasteiger partial charge in [0.25, 0.3) is 0 Å². The van der Waals surface area contributed by atoms with E-state index in [1.54, 1.807) is 24.6 Å². The van der Waals surface area contributed by atoms with Crippen LogP contribution in [0.25, 0.3) is 0 Å². The maximum Gasteiger partial charge on any atom is 0.0594 e. The predicted molar refractivity (Wildman–Crippen MR) is 133 cm³/mol. The van der Waals surface area contributed by atoms with Crippen molar-refractivity contribution in [1.82, 2.24) is 0 Å². The number of hydrogen-bond donors (Lipinski definition) is 1. The monoisotopic (exact) mass is 405 g/mol. The Morgan fingerprint density at radius 2 is 0.704 bits per heavy atom. The molecule has 1 nitrogen and oxygen atoms in total. The van der Waals surface area contributed by atoms with Crippen molar-refractivity contribution in [2.45, 2.75) is 132 Å². The normalized spacial score (nSPS) is 10.7. The standard InChI is InChI=1S/C16H36P.C5H12O.C4H10/c1-5-9-13-17(14-10-6-2,15-11-7-3)16-12-8-4;1-2-3-4-5-6;1-3-4-2/h5-16H2,1-4H3;6H,2-5H2,1H3;3-4H2,1-2H3/q+1;;. The van der Waals surface area contributed by atoms with Gasteiger partial charge in [-0.15, -0.1) is 0 Å². The Balaban J connectivity index is -0.000000472. The fourth-order valence-corrected chi connectivity index (χ4v) is 8.30. The maximum atomic E-state index is 8.20. The Kier molecular flexibility index (Phi) is 34.0. The van der Waals surface area contributed by atoms with Crippen LogP contribution in [0.4, 0.5) is 0 Å². The summed E-state index contributed by atoms with van der Waals surface area (Å²) >= 11 is 0. The quantitative estimate of drug-likeness (QED) is 0.200. The second-order valence-electron chi connectivity index (χ2n) is 8.08. The molecule has 0 saturated carbocycles. The van der Waals surface area contributed by atoms with Crippen molar-refractivity contribution in [3.8, 4) is 0 Å². The van der Waals surface area contributed by atoms with Crippen molar-refractivity contribution in [3.63, 3.8) is 0 Å². The van der Waals surface area contributed by atoms with Crippen LogP contribution in [0.3, 0.4) is 0 Å². The highest BCUT2D eigenvalue weighted by atomic mass is 31.2. The molecule has 0 unspecified atom stereocenters. The molecule has 0 spiro atoms. The van der Waals surface area contributed by atoms with Gasteiger partial charge in [0.05, 0.1) is 24.6 Å². The van der Waals surface area contributed by atoms with Crippen LogP contribution in [0, 0.1) is 0 Å². The Labute approximate surface area is 175 Å². The van der Waals surface area contributed by atoms with Crippen LogP contribution in [0.15, 0.2) is 0 Å². The number of rotatable bonds is 16. The highest BCUT2D eigenvalue weighted by Gasteiger charge is 2.34. The molecular weight excluding hydrogens is 347 g/mol. The summed E-state index contributed by atoms with van der Waals surface area (Å²) in [6.07, 6.45) is 23.9. The molecule has 27 heavy (non-hydrogen) atoms. The van der Waals surface area contributed by atoms with E-state index in [4.69, 9.17) is 5.11 Å². The highest BCUT2D eigenvalue weighted by molar-refractivity contribution is 7.75. The van der Waals surface area contributed by atoms with E-state index in [0.29, 0.717) is 6.61 Å². The highest BCUT2D eigenvalue weighted by Crippen LogP contribution is 2.61. The summed E-state index contributed by atoms with van der Waals surface area (Å²) in [5, 5.41) is 8.20. The van der Waals surface area contributed by atoms with E-state index in [2.05, 4.69) is 48.5 Å². The number of aliphatic hydroxyl groups is 1. The molecule has 2 heteroatoms. The van der Waals surface area contributed by atoms with Crippen LogP contribution in [0.2, 0.25) is 0 Å². The smallest absolute Gasteiger partial charge is 0.0594 e. The van der Waals surface area contributed by atoms with E-state index in [1.165, 1.54) is 70.6 Å². The lowest BCUT2D eigenvalue weighted by Crippen LogP contribution is -2.12. The Morgan fingerprint density at radius 1 is 0.407 bits per heavy atom. The lowest BCUT2D eigenvalue weighted by atomic mass is 10.3. The Hall–Kier alpha value is 0.390. The summed E-state index contributed by atoms with van der Waals surface area (Å²) < 4.78 is 0. The molecule has 1 N–H and O–H groups in total. The van der Waals surface area contributed by atoms with Crippen molar-refractivity contribution >= 4 is 7.26 Å². The molecule has 0 aliphatic carbocycles. The molecule has 0 aromatic carbocycles. The first-order chi connectivity index (χ1) is 13.1. The van der Waals surface area contributed by atoms with Gasteiger partial charge in [-0.05, 0) is 32.1 Å². The molecule has 0 heterocycles. The molecule has 0 aromatic heterocycles. The molecule has 0 aliphatic rings. The lowest BCUT2D eigenvalue weighted by Gasteiger charge is -2.28. The molecule has 0 atom stereocenters. The summed E-state index contributed by atoms with van der Waals surface area (Å²) in [7, 11) is -0.562. The minimum atomic E-state index is -0.562. The first kappa shape index (κ1) is 32.1. The van der Waals surface area contributed by atoms with Gasteiger partial charge in [0.1, 0.15) is 0 Å². The van der Waals surface area contributed by atoms with Crippen molar-refractivity contribution in [2.75, 3.05) is 31.3 Å². The molecule has 0 fully saturated rings. The molecule has 0 bridgehead atoms. The summed E-state index contributed by atoms with van der Waals surface area (Å²) in [5.74, 6) is 0. The van der Waals surface area contributed by atoms with Crippen LogP contribution >= 0.6 is 7.26 Å². The number of unbranched alkanes of at least 4 members (excludes halogenated alkanes) is 7. The third-order valence-corrected chi connectivity index (χ3v) is 10.3. The average molecular weight is 406 g/mol. The van der Waals surface area contributed by atoms with Gasteiger partial charge < -0.3 is 5.11 Å². The maximum absolute atomic E-state index is 8.20. The van der Waals surface area contributed by atoms with E-state index in [9.17, 15) is 0 Å². The average Bonchev–Trinajstić information content (AvgIpc) is 2.71. The molecule has 0 rings (SSSR count). The van der Waals surface area contributed by atoms with Gasteiger partial charge in [0.2, 0.25) is 0 Å². The van der Waals surface area contributed by atoms with Crippen molar-refractivity contribution in [2.24, 2.45) is 0 Å². The Bertz CT molecular complexity index is 187. The summed E-state index contributed by atoms with van der Waals surface area (Å²) in [6.45, 7) is 16.3. The van der Waals surface area contributed by atoms with Gasteiger partial charge in [0.15, 0.2) is 0 Å². The second-order valence-corrected chi connectivity index (χ2v) is 12.6. The third-order valence-electron chi connectivity index (χ3n) is 5.21. The Morgan fingerprint density at radius 3 is 0.852 bits per heavy atom. The molecular formula is C25H58OP+. The van der Waals surface area contributed by atoms with E-state index in [1.807, 2.05) is 0 Å². The molecule has 0 saturated heterocycles. The molecule has 0 aliphatic heterocycles. The second kappa shape index (κ2) is 28.6. The van der Waals surface area contributed by atoms with Crippen LogP contribution < -0.4 is 0 Å². The zero-order valence-electron chi connectivity index (χ0n) is 20.6. The van der Waals surface area contributed by atoms with Gasteiger partial charge in [-0.25, -0.2) is 0 Å². The summed E-state index contributed by atoms with van der Waals surface area (Å²) in [4.78, 5) is 0. The van der Waals surface area contributed by atoms with Crippen LogP contribution in [0.5, 0.6) is 0 Å². The first-order valence-electron chi connectivity index (χ1n) is 12.5. The molecule has 168 valence electrons. The van der Waals surface area contributed by atoms with E-state index in [0.717, 1.165) is 12.8 Å². The zero-order chi connectivity index (χ0) is 21.2. The van der Waals surface area contributed by atoms with Crippen LogP contribution in [-0.2, 0) is 0 Å². The van der Waals surface area contributed by atoms with Gasteiger partial charge in [0, 0.05) is 13.9 Å². The van der Waals surface area contributed by atoms with Crippen molar-refractivity contribution in [1.29, 1.82) is 0 Å². The number of aliphatic hydroxyl groups excluding tert-OH is 1. The van der Waals surface area contributed by atoms with Crippen molar-refractivity contribution < 1.29 is 5.11 Å². The van der Waals surface area contributed by atoms with E-state index in [-0.39, 0.29) is 0 Å². The fraction of sp³-hybridized carbons (Fsp3) is 1.00. The molecule has 0 radical (unpaired) electrons. The van der Waals surface area contributed by atoms with Gasteiger partial charge in [-0.1, -0.05) is 99.8 Å². The molecule has 0 aromatic rings. The lowest BCUT2D eigenvalue weighted by molar-refractivity contribution is 0.284.